The van der Waals surface area contributed by atoms with Crippen molar-refractivity contribution in [3.63, 3.8) is 0 Å². The van der Waals surface area contributed by atoms with E-state index in [1.807, 2.05) is 6.92 Å². The van der Waals surface area contributed by atoms with Crippen molar-refractivity contribution in [2.45, 2.75) is 6.92 Å². The highest BCUT2D eigenvalue weighted by Crippen LogP contribution is 2.27. The van der Waals surface area contributed by atoms with Crippen molar-refractivity contribution in [2.75, 3.05) is 6.61 Å². The molecule has 0 atom stereocenters. The van der Waals surface area contributed by atoms with E-state index in [9.17, 15) is 4.79 Å². The van der Waals surface area contributed by atoms with Crippen LogP contribution in [0.3, 0.4) is 0 Å². The minimum atomic E-state index is -0.529. The van der Waals surface area contributed by atoms with Crippen molar-refractivity contribution < 1.29 is 9.15 Å². The zero-order chi connectivity index (χ0) is 15.7. The Hall–Kier alpha value is -2.04. The van der Waals surface area contributed by atoms with Gasteiger partial charge in [0.1, 0.15) is 11.3 Å². The predicted molar refractivity (Wildman–Crippen MR) is 86.9 cm³/mol. The molecule has 6 heteroatoms. The second kappa shape index (κ2) is 5.99. The van der Waals surface area contributed by atoms with Gasteiger partial charge < -0.3 is 9.15 Å². The molecular weight excluding hydrogens is 325 g/mol. The van der Waals surface area contributed by atoms with Crippen molar-refractivity contribution in [1.29, 1.82) is 0 Å². The first-order valence-corrected chi connectivity index (χ1v) is 7.37. The Kier molecular flexibility index (Phi) is 4.05. The van der Waals surface area contributed by atoms with Crippen molar-refractivity contribution in [3.05, 3.63) is 56.9 Å². The summed E-state index contributed by atoms with van der Waals surface area (Å²) in [7, 11) is 0. The number of rotatable bonds is 3. The summed E-state index contributed by atoms with van der Waals surface area (Å²) in [5.41, 5.74) is 0.498. The number of halogens is 2. The molecule has 0 bridgehead atoms. The average molecular weight is 336 g/mol. The predicted octanol–water partition coefficient (Wildman–Crippen LogP) is 4.56. The fourth-order valence-electron chi connectivity index (χ4n) is 2.09. The molecule has 0 aliphatic carbocycles. The van der Waals surface area contributed by atoms with E-state index >= 15 is 0 Å². The molecule has 0 saturated carbocycles. The van der Waals surface area contributed by atoms with E-state index in [-0.39, 0.29) is 11.3 Å². The van der Waals surface area contributed by atoms with E-state index in [0.29, 0.717) is 27.7 Å². The highest BCUT2D eigenvalue weighted by Gasteiger charge is 2.12. The van der Waals surface area contributed by atoms with Crippen LogP contribution in [0.2, 0.25) is 10.0 Å². The zero-order valence-electron chi connectivity index (χ0n) is 11.6. The minimum absolute atomic E-state index is 0.199. The average Bonchev–Trinajstić information content (AvgIpc) is 2.49. The van der Waals surface area contributed by atoms with Gasteiger partial charge in [0.25, 0.3) is 0 Å². The van der Waals surface area contributed by atoms with Gasteiger partial charge in [0.15, 0.2) is 0 Å². The molecule has 112 valence electrons. The van der Waals surface area contributed by atoms with Gasteiger partial charge in [-0.2, -0.15) is 0 Å². The third-order valence-electron chi connectivity index (χ3n) is 3.06. The van der Waals surface area contributed by atoms with E-state index < -0.39 is 5.63 Å². The molecule has 0 aliphatic rings. The molecule has 0 spiro atoms. The number of nitrogens with zero attached hydrogens (tertiary/aromatic N) is 1. The minimum Gasteiger partial charge on any atom is -0.494 e. The van der Waals surface area contributed by atoms with Crippen LogP contribution in [0, 0.1) is 0 Å². The van der Waals surface area contributed by atoms with E-state index in [2.05, 4.69) is 4.98 Å². The third kappa shape index (κ3) is 2.80. The lowest BCUT2D eigenvalue weighted by Crippen LogP contribution is -2.03. The van der Waals surface area contributed by atoms with Gasteiger partial charge in [-0.1, -0.05) is 23.2 Å². The Morgan fingerprint density at radius 3 is 2.59 bits per heavy atom. The van der Waals surface area contributed by atoms with Gasteiger partial charge in [0, 0.05) is 10.6 Å². The van der Waals surface area contributed by atoms with Crippen LogP contribution in [0.25, 0.3) is 22.4 Å². The summed E-state index contributed by atoms with van der Waals surface area (Å²) in [4.78, 5) is 16.4. The first-order valence-electron chi connectivity index (χ1n) is 6.61. The van der Waals surface area contributed by atoms with E-state index in [0.717, 1.165) is 5.75 Å². The SMILES string of the molecule is CCOc1ccc(-c2nc3c(Cl)cc(Cl)cc3c(=O)o2)cc1. The van der Waals surface area contributed by atoms with Crippen molar-refractivity contribution in [2.24, 2.45) is 0 Å². The molecular formula is C16H11Cl2NO3. The molecule has 0 aliphatic heterocycles. The topological polar surface area (TPSA) is 52.3 Å². The van der Waals surface area contributed by atoms with E-state index in [1.165, 1.54) is 6.07 Å². The normalized spacial score (nSPS) is 10.9. The van der Waals surface area contributed by atoms with Crippen LogP contribution in [-0.2, 0) is 0 Å². The summed E-state index contributed by atoms with van der Waals surface area (Å²) in [6, 6.07) is 10.1. The Bertz CT molecular complexity index is 888. The van der Waals surface area contributed by atoms with Crippen LogP contribution in [0.15, 0.2) is 45.6 Å². The maximum absolute atomic E-state index is 12.1. The maximum Gasteiger partial charge on any atom is 0.347 e. The van der Waals surface area contributed by atoms with Crippen LogP contribution in [-0.4, -0.2) is 11.6 Å². The molecule has 0 amide bonds. The smallest absolute Gasteiger partial charge is 0.347 e. The summed E-state index contributed by atoms with van der Waals surface area (Å²) in [5.74, 6) is 0.934. The highest BCUT2D eigenvalue weighted by atomic mass is 35.5. The largest absolute Gasteiger partial charge is 0.494 e. The second-order valence-corrected chi connectivity index (χ2v) is 5.39. The monoisotopic (exact) mass is 335 g/mol. The Balaban J connectivity index is 2.13. The van der Waals surface area contributed by atoms with Gasteiger partial charge in [-0.05, 0) is 43.3 Å². The van der Waals surface area contributed by atoms with Gasteiger partial charge in [0.2, 0.25) is 5.89 Å². The molecule has 0 saturated heterocycles. The van der Waals surface area contributed by atoms with Gasteiger partial charge in [0.05, 0.1) is 17.0 Å². The van der Waals surface area contributed by atoms with Crippen molar-refractivity contribution in [3.8, 4) is 17.2 Å². The standard InChI is InChI=1S/C16H11Cl2NO3/c1-2-21-11-5-3-9(4-6-11)15-19-14-12(16(20)22-15)7-10(17)8-13(14)18/h3-8H,2H2,1H3. The summed E-state index contributed by atoms with van der Waals surface area (Å²) in [6.45, 7) is 2.49. The number of hydrogen-bond donors (Lipinski definition) is 0. The van der Waals surface area contributed by atoms with Gasteiger partial charge in [-0.15, -0.1) is 0 Å². The fourth-order valence-corrected chi connectivity index (χ4v) is 2.62. The van der Waals surface area contributed by atoms with Crippen LogP contribution < -0.4 is 10.4 Å². The van der Waals surface area contributed by atoms with E-state index in [4.69, 9.17) is 32.4 Å². The number of hydrogen-bond acceptors (Lipinski definition) is 4. The summed E-state index contributed by atoms with van der Waals surface area (Å²) in [5, 5.41) is 0.926. The van der Waals surface area contributed by atoms with Crippen molar-refractivity contribution >= 4 is 34.1 Å². The van der Waals surface area contributed by atoms with Crippen LogP contribution >= 0.6 is 23.2 Å². The lowest BCUT2D eigenvalue weighted by molar-refractivity contribution is 0.340. The second-order valence-electron chi connectivity index (χ2n) is 4.55. The summed E-state index contributed by atoms with van der Waals surface area (Å²) >= 11 is 12.0. The number of fused-ring (bicyclic) bond motifs is 1. The zero-order valence-corrected chi connectivity index (χ0v) is 13.1. The molecule has 1 aromatic heterocycles. The van der Waals surface area contributed by atoms with Gasteiger partial charge in [-0.25, -0.2) is 9.78 Å². The van der Waals surface area contributed by atoms with Crippen molar-refractivity contribution in [1.82, 2.24) is 4.98 Å². The van der Waals surface area contributed by atoms with Crippen LogP contribution in [0.5, 0.6) is 5.75 Å². The fraction of sp³-hybridized carbons (Fsp3) is 0.125. The van der Waals surface area contributed by atoms with Crippen LogP contribution in [0.4, 0.5) is 0 Å². The van der Waals surface area contributed by atoms with Crippen LogP contribution in [0.1, 0.15) is 6.92 Å². The number of ether oxygens (including phenoxy) is 1. The Morgan fingerprint density at radius 1 is 1.18 bits per heavy atom. The molecule has 3 aromatic rings. The van der Waals surface area contributed by atoms with E-state index in [1.54, 1.807) is 30.3 Å². The molecule has 0 radical (unpaired) electrons. The molecule has 4 nitrogen and oxygen atoms in total. The maximum atomic E-state index is 12.1. The first kappa shape index (κ1) is 14.9. The molecule has 3 rings (SSSR count). The molecule has 0 unspecified atom stereocenters. The lowest BCUT2D eigenvalue weighted by atomic mass is 10.2. The Labute approximate surface area is 136 Å². The third-order valence-corrected chi connectivity index (χ3v) is 3.57. The Morgan fingerprint density at radius 2 is 1.91 bits per heavy atom. The van der Waals surface area contributed by atoms with Gasteiger partial charge in [-0.3, -0.25) is 0 Å². The first-order chi connectivity index (χ1) is 10.6. The molecule has 0 fully saturated rings. The van der Waals surface area contributed by atoms with Gasteiger partial charge >= 0.3 is 5.63 Å². The summed E-state index contributed by atoms with van der Waals surface area (Å²) in [6.07, 6.45) is 0. The molecule has 22 heavy (non-hydrogen) atoms. The lowest BCUT2D eigenvalue weighted by Gasteiger charge is -2.05. The molecule has 1 heterocycles. The number of aromatic nitrogens is 1. The number of benzene rings is 2. The molecule has 2 aromatic carbocycles. The highest BCUT2D eigenvalue weighted by molar-refractivity contribution is 6.38. The summed E-state index contributed by atoms with van der Waals surface area (Å²) < 4.78 is 10.6. The quantitative estimate of drug-likeness (QED) is 0.703. The molecule has 0 N–H and O–H groups in total.